The van der Waals surface area contributed by atoms with Gasteiger partial charge in [-0.1, -0.05) is 0 Å². The zero-order chi connectivity index (χ0) is 6.57. The van der Waals surface area contributed by atoms with Crippen LogP contribution < -0.4 is 5.73 Å². The largest absolute Gasteiger partial charge is 0.396 e. The van der Waals surface area contributed by atoms with Gasteiger partial charge in [0, 0.05) is 13.0 Å². The highest BCUT2D eigenvalue weighted by Gasteiger charge is 2.07. The molecule has 0 aliphatic carbocycles. The third-order valence-corrected chi connectivity index (χ3v) is 0.731. The molecule has 0 spiro atoms. The third kappa shape index (κ3) is 2.54. The molecule has 48 valence electrons. The Kier molecular flexibility index (Phi) is 3.14. The highest BCUT2D eigenvalue weighted by atomic mass is 16.3. The number of carbonyl (C=O) groups excluding carboxylic acids is 1. The SMILES string of the molecule is NC(=O)[C@H](O)CCO. The lowest BCUT2D eigenvalue weighted by molar-refractivity contribution is -0.126. The fraction of sp³-hybridized carbons (Fsp3) is 0.750. The Morgan fingerprint density at radius 1 is 1.75 bits per heavy atom. The van der Waals surface area contributed by atoms with E-state index in [-0.39, 0.29) is 13.0 Å². The second-order valence-corrected chi connectivity index (χ2v) is 1.43. The molecule has 0 aliphatic heterocycles. The van der Waals surface area contributed by atoms with Gasteiger partial charge in [-0.05, 0) is 0 Å². The van der Waals surface area contributed by atoms with Crippen molar-refractivity contribution >= 4 is 5.91 Å². The van der Waals surface area contributed by atoms with E-state index in [0.29, 0.717) is 0 Å². The summed E-state index contributed by atoms with van der Waals surface area (Å²) < 4.78 is 0. The molecule has 0 saturated heterocycles. The lowest BCUT2D eigenvalue weighted by Gasteiger charge is -2.00. The number of aliphatic hydroxyl groups excluding tert-OH is 2. The van der Waals surface area contributed by atoms with Gasteiger partial charge in [0.15, 0.2) is 0 Å². The predicted octanol–water partition coefficient (Wildman–Crippen LogP) is -1.79. The minimum Gasteiger partial charge on any atom is -0.396 e. The summed E-state index contributed by atoms with van der Waals surface area (Å²) in [6, 6.07) is 0. The van der Waals surface area contributed by atoms with Gasteiger partial charge < -0.3 is 15.9 Å². The average Bonchev–Trinajstić information content (AvgIpc) is 1.67. The van der Waals surface area contributed by atoms with Crippen molar-refractivity contribution in [3.05, 3.63) is 0 Å². The van der Waals surface area contributed by atoms with Crippen LogP contribution in [0.4, 0.5) is 0 Å². The van der Waals surface area contributed by atoms with E-state index in [1.807, 2.05) is 0 Å². The Labute approximate surface area is 46.9 Å². The smallest absolute Gasteiger partial charge is 0.246 e. The van der Waals surface area contributed by atoms with Crippen LogP contribution >= 0.6 is 0 Å². The summed E-state index contributed by atoms with van der Waals surface area (Å²) in [6.45, 7) is -0.218. The first-order chi connectivity index (χ1) is 3.68. The first-order valence-corrected chi connectivity index (χ1v) is 2.26. The number of primary amides is 1. The number of hydrogen-bond donors (Lipinski definition) is 3. The molecule has 4 heteroatoms. The molecule has 0 aromatic heterocycles. The maximum atomic E-state index is 9.95. The van der Waals surface area contributed by atoms with E-state index in [1.165, 1.54) is 0 Å². The summed E-state index contributed by atoms with van der Waals surface area (Å²) in [7, 11) is 0. The lowest BCUT2D eigenvalue weighted by atomic mass is 10.2. The van der Waals surface area contributed by atoms with Crippen molar-refractivity contribution in [1.82, 2.24) is 0 Å². The molecule has 1 atom stereocenters. The number of amides is 1. The zero-order valence-corrected chi connectivity index (χ0v) is 4.37. The van der Waals surface area contributed by atoms with Crippen LogP contribution in [0.5, 0.6) is 0 Å². The molecule has 0 aromatic carbocycles. The van der Waals surface area contributed by atoms with E-state index < -0.39 is 12.0 Å². The number of rotatable bonds is 3. The predicted molar refractivity (Wildman–Crippen MR) is 26.9 cm³/mol. The highest BCUT2D eigenvalue weighted by Crippen LogP contribution is 1.85. The Morgan fingerprint density at radius 2 is 2.25 bits per heavy atom. The molecule has 0 aromatic rings. The minimum atomic E-state index is -1.19. The van der Waals surface area contributed by atoms with Crippen LogP contribution in [0, 0.1) is 0 Å². The van der Waals surface area contributed by atoms with E-state index in [0.717, 1.165) is 0 Å². The van der Waals surface area contributed by atoms with Gasteiger partial charge in [-0.2, -0.15) is 0 Å². The van der Waals surface area contributed by atoms with Crippen molar-refractivity contribution in [2.24, 2.45) is 5.73 Å². The normalized spacial score (nSPS) is 13.2. The Balaban J connectivity index is 3.32. The molecule has 0 fully saturated rings. The van der Waals surface area contributed by atoms with Crippen LogP contribution in [0.1, 0.15) is 6.42 Å². The Morgan fingerprint density at radius 3 is 2.38 bits per heavy atom. The quantitative estimate of drug-likeness (QED) is 0.410. The van der Waals surface area contributed by atoms with Crippen molar-refractivity contribution in [3.8, 4) is 0 Å². The molecule has 0 unspecified atom stereocenters. The molecule has 8 heavy (non-hydrogen) atoms. The monoisotopic (exact) mass is 119 g/mol. The summed E-state index contributed by atoms with van der Waals surface area (Å²) in [6.07, 6.45) is -1.17. The minimum absolute atomic E-state index is 0.0231. The number of carbonyl (C=O) groups is 1. The fourth-order valence-corrected chi connectivity index (χ4v) is 0.265. The van der Waals surface area contributed by atoms with Crippen molar-refractivity contribution in [3.63, 3.8) is 0 Å². The van der Waals surface area contributed by atoms with Crippen LogP contribution in [0.25, 0.3) is 0 Å². The molecule has 0 bridgehead atoms. The average molecular weight is 119 g/mol. The van der Waals surface area contributed by atoms with Crippen molar-refractivity contribution in [2.45, 2.75) is 12.5 Å². The van der Waals surface area contributed by atoms with Gasteiger partial charge >= 0.3 is 0 Å². The molecule has 0 rings (SSSR count). The van der Waals surface area contributed by atoms with Crippen molar-refractivity contribution in [1.29, 1.82) is 0 Å². The van der Waals surface area contributed by atoms with E-state index >= 15 is 0 Å². The van der Waals surface area contributed by atoms with Gasteiger partial charge in [0.05, 0.1) is 0 Å². The maximum Gasteiger partial charge on any atom is 0.246 e. The van der Waals surface area contributed by atoms with Crippen molar-refractivity contribution < 1.29 is 15.0 Å². The van der Waals surface area contributed by atoms with Gasteiger partial charge in [0.1, 0.15) is 6.10 Å². The molecule has 0 aliphatic rings. The summed E-state index contributed by atoms with van der Waals surface area (Å²) in [5.41, 5.74) is 4.62. The van der Waals surface area contributed by atoms with E-state index in [4.69, 9.17) is 10.2 Å². The second kappa shape index (κ2) is 3.40. The Hall–Kier alpha value is -0.610. The first-order valence-electron chi connectivity index (χ1n) is 2.26. The van der Waals surface area contributed by atoms with E-state index in [9.17, 15) is 4.79 Å². The summed E-state index contributed by atoms with van der Waals surface area (Å²) in [5.74, 6) is -0.793. The number of hydrogen-bond acceptors (Lipinski definition) is 3. The Bertz CT molecular complexity index is 83.4. The lowest BCUT2D eigenvalue weighted by Crippen LogP contribution is -2.28. The summed E-state index contributed by atoms with van der Waals surface area (Å²) in [4.78, 5) is 9.95. The maximum absolute atomic E-state index is 9.95. The summed E-state index contributed by atoms with van der Waals surface area (Å²) in [5, 5.41) is 16.6. The van der Waals surface area contributed by atoms with Crippen LogP contribution in [-0.4, -0.2) is 28.8 Å². The number of aliphatic hydroxyl groups is 2. The third-order valence-electron chi connectivity index (χ3n) is 0.731. The van der Waals surface area contributed by atoms with Gasteiger partial charge in [-0.3, -0.25) is 4.79 Å². The molecular formula is C4H9NO3. The van der Waals surface area contributed by atoms with Gasteiger partial charge in [0.25, 0.3) is 0 Å². The molecule has 1 amide bonds. The zero-order valence-electron chi connectivity index (χ0n) is 4.37. The molecule has 4 nitrogen and oxygen atoms in total. The fourth-order valence-electron chi connectivity index (χ4n) is 0.265. The molecule has 0 saturated carbocycles. The molecule has 0 heterocycles. The van der Waals surface area contributed by atoms with Gasteiger partial charge in [-0.25, -0.2) is 0 Å². The van der Waals surface area contributed by atoms with Crippen LogP contribution in [0.2, 0.25) is 0 Å². The molecular weight excluding hydrogens is 110 g/mol. The van der Waals surface area contributed by atoms with Crippen LogP contribution in [0.3, 0.4) is 0 Å². The topological polar surface area (TPSA) is 83.6 Å². The highest BCUT2D eigenvalue weighted by molar-refractivity contribution is 5.78. The van der Waals surface area contributed by atoms with Crippen LogP contribution in [0.15, 0.2) is 0 Å². The standard InChI is InChI=1S/C4H9NO3/c5-4(8)3(7)1-2-6/h3,6-7H,1-2H2,(H2,5,8)/t3-/m1/s1. The van der Waals surface area contributed by atoms with Crippen LogP contribution in [-0.2, 0) is 4.79 Å². The summed E-state index contributed by atoms with van der Waals surface area (Å²) >= 11 is 0. The van der Waals surface area contributed by atoms with E-state index in [2.05, 4.69) is 5.73 Å². The van der Waals surface area contributed by atoms with Gasteiger partial charge in [0.2, 0.25) is 5.91 Å². The number of nitrogens with two attached hydrogens (primary N) is 1. The van der Waals surface area contributed by atoms with Crippen molar-refractivity contribution in [2.75, 3.05) is 6.61 Å². The molecule has 0 radical (unpaired) electrons. The second-order valence-electron chi connectivity index (χ2n) is 1.43. The van der Waals surface area contributed by atoms with Gasteiger partial charge in [-0.15, -0.1) is 0 Å². The molecule has 4 N–H and O–H groups in total. The first kappa shape index (κ1) is 7.39. The van der Waals surface area contributed by atoms with E-state index in [1.54, 1.807) is 0 Å².